The minimum absolute atomic E-state index is 0.0552. The van der Waals surface area contributed by atoms with Crippen LogP contribution in [-0.2, 0) is 9.16 Å². The van der Waals surface area contributed by atoms with Gasteiger partial charge in [0, 0.05) is 12.5 Å². The minimum atomic E-state index is -1.85. The molecule has 0 bridgehead atoms. The molecule has 0 amide bonds. The summed E-state index contributed by atoms with van der Waals surface area (Å²) in [5.41, 5.74) is 1.24. The maximum absolute atomic E-state index is 9.46. The maximum Gasteiger partial charge on any atom is 0.192 e. The Morgan fingerprint density at radius 1 is 1.22 bits per heavy atom. The Balaban J connectivity index is 2.04. The number of rotatable bonds is 7. The third-order valence-electron chi connectivity index (χ3n) is 5.42. The Morgan fingerprint density at radius 3 is 2.35 bits per heavy atom. The molecule has 0 saturated carbocycles. The molecule has 0 unspecified atom stereocenters. The number of benzene rings is 1. The summed E-state index contributed by atoms with van der Waals surface area (Å²) in [6, 6.07) is 10.4. The predicted octanol–water partition coefficient (Wildman–Crippen LogP) is 4.54. The highest BCUT2D eigenvalue weighted by molar-refractivity contribution is 6.74. The molecule has 1 saturated heterocycles. The molecule has 1 aliphatic heterocycles. The topological polar surface area (TPSA) is 42.0 Å². The molecular formula is C19H32O3Si. The van der Waals surface area contributed by atoms with E-state index in [0.717, 1.165) is 0 Å². The zero-order chi connectivity index (χ0) is 17.3. The summed E-state index contributed by atoms with van der Waals surface area (Å²) in [6.45, 7) is 13.6. The zero-order valence-corrected chi connectivity index (χ0v) is 16.4. The van der Waals surface area contributed by atoms with Gasteiger partial charge in [-0.25, -0.2) is 0 Å². The van der Waals surface area contributed by atoms with Gasteiger partial charge in [0.2, 0.25) is 0 Å². The van der Waals surface area contributed by atoms with Crippen molar-refractivity contribution >= 4 is 8.32 Å². The zero-order valence-electron chi connectivity index (χ0n) is 15.4. The van der Waals surface area contributed by atoms with Crippen LogP contribution in [0.4, 0.5) is 0 Å². The molecule has 1 heterocycles. The molecule has 1 aromatic carbocycles. The quantitative estimate of drug-likeness (QED) is 0.587. The van der Waals surface area contributed by atoms with E-state index in [4.69, 9.17) is 9.16 Å². The van der Waals surface area contributed by atoms with Gasteiger partial charge in [0.1, 0.15) is 6.10 Å². The minimum Gasteiger partial charge on any atom is -0.413 e. The van der Waals surface area contributed by atoms with E-state index in [9.17, 15) is 5.11 Å². The molecule has 4 atom stereocenters. The lowest BCUT2D eigenvalue weighted by molar-refractivity contribution is 0.0809. The molecule has 1 aliphatic rings. The van der Waals surface area contributed by atoms with Crippen molar-refractivity contribution in [3.8, 4) is 0 Å². The van der Waals surface area contributed by atoms with Gasteiger partial charge in [-0.1, -0.05) is 58.0 Å². The molecule has 130 valence electrons. The fourth-order valence-corrected chi connectivity index (χ4v) is 4.20. The van der Waals surface area contributed by atoms with E-state index in [0.29, 0.717) is 6.42 Å². The van der Waals surface area contributed by atoms with Crippen LogP contribution in [0.3, 0.4) is 0 Å². The number of aliphatic hydroxyl groups excluding tert-OH is 1. The first-order chi connectivity index (χ1) is 10.7. The molecule has 2 rings (SSSR count). The third kappa shape index (κ3) is 4.44. The number of ether oxygens (including phenoxy) is 1. The molecule has 1 fully saturated rings. The first kappa shape index (κ1) is 18.7. The molecular weight excluding hydrogens is 304 g/mol. The summed E-state index contributed by atoms with van der Waals surface area (Å²) in [5, 5.41) is 9.64. The van der Waals surface area contributed by atoms with E-state index in [-0.39, 0.29) is 35.9 Å². The van der Waals surface area contributed by atoms with Gasteiger partial charge in [0.05, 0.1) is 12.2 Å². The third-order valence-corrected chi connectivity index (χ3v) is 9.93. The van der Waals surface area contributed by atoms with Crippen LogP contribution < -0.4 is 0 Å². The second-order valence-electron chi connectivity index (χ2n) is 8.22. The predicted molar refractivity (Wildman–Crippen MR) is 97.0 cm³/mol. The highest BCUT2D eigenvalue weighted by atomic mass is 28.4. The van der Waals surface area contributed by atoms with E-state index in [1.165, 1.54) is 5.56 Å². The average molecular weight is 337 g/mol. The molecule has 4 heteroatoms. The summed E-state index contributed by atoms with van der Waals surface area (Å²) in [4.78, 5) is 0. The Morgan fingerprint density at radius 2 is 1.83 bits per heavy atom. The van der Waals surface area contributed by atoms with Crippen molar-refractivity contribution in [1.82, 2.24) is 0 Å². The molecule has 0 radical (unpaired) electrons. The van der Waals surface area contributed by atoms with Gasteiger partial charge in [0.25, 0.3) is 0 Å². The van der Waals surface area contributed by atoms with E-state index in [1.54, 1.807) is 0 Å². The SMILES string of the molecule is C[C@H]([C@H]1O[C@@H]1c1ccccc1)[C@H](CCO)O[Si](C)(C)C(C)(C)C. The van der Waals surface area contributed by atoms with E-state index in [1.807, 2.05) is 6.07 Å². The second kappa shape index (κ2) is 7.05. The van der Waals surface area contributed by atoms with E-state index in [2.05, 4.69) is 65.1 Å². The van der Waals surface area contributed by atoms with Crippen LogP contribution in [0.1, 0.15) is 45.8 Å². The Labute approximate surface area is 142 Å². The molecule has 0 spiro atoms. The average Bonchev–Trinajstić information content (AvgIpc) is 3.26. The molecule has 1 N–H and O–H groups in total. The Kier molecular flexibility index (Phi) is 5.72. The number of aliphatic hydroxyl groups is 1. The standard InChI is InChI=1S/C19H32O3Si/c1-14(17-18(21-17)15-10-8-7-9-11-15)16(12-13-20)22-23(5,6)19(2,3)4/h7-11,14,16-18,20H,12-13H2,1-6H3/t14-,16-,17+,18+/m0/s1. The van der Waals surface area contributed by atoms with Crippen LogP contribution in [0.2, 0.25) is 18.1 Å². The normalized spacial score (nSPS) is 24.3. The summed E-state index contributed by atoms with van der Waals surface area (Å²) in [5.74, 6) is 0.279. The van der Waals surface area contributed by atoms with E-state index < -0.39 is 8.32 Å². The lowest BCUT2D eigenvalue weighted by Gasteiger charge is -2.40. The van der Waals surface area contributed by atoms with Crippen molar-refractivity contribution in [1.29, 1.82) is 0 Å². The van der Waals surface area contributed by atoms with Crippen molar-refractivity contribution in [3.63, 3.8) is 0 Å². The first-order valence-corrected chi connectivity index (χ1v) is 11.6. The van der Waals surface area contributed by atoms with Crippen molar-refractivity contribution in [2.45, 2.75) is 70.6 Å². The van der Waals surface area contributed by atoms with Gasteiger partial charge in [-0.15, -0.1) is 0 Å². The first-order valence-electron chi connectivity index (χ1n) is 8.66. The van der Waals surface area contributed by atoms with Crippen molar-refractivity contribution < 1.29 is 14.3 Å². The Bertz CT molecular complexity index is 495. The summed E-state index contributed by atoms with van der Waals surface area (Å²) < 4.78 is 12.5. The molecule has 1 aromatic rings. The highest BCUT2D eigenvalue weighted by Gasteiger charge is 2.48. The monoisotopic (exact) mass is 336 g/mol. The van der Waals surface area contributed by atoms with Crippen LogP contribution in [0, 0.1) is 5.92 Å². The summed E-state index contributed by atoms with van der Waals surface area (Å²) in [6.07, 6.45) is 1.10. The molecule has 0 aliphatic carbocycles. The Hall–Kier alpha value is -0.683. The van der Waals surface area contributed by atoms with Crippen LogP contribution >= 0.6 is 0 Å². The highest BCUT2D eigenvalue weighted by Crippen LogP contribution is 2.46. The van der Waals surface area contributed by atoms with Gasteiger partial charge >= 0.3 is 0 Å². The van der Waals surface area contributed by atoms with Crippen molar-refractivity contribution in [2.75, 3.05) is 6.61 Å². The van der Waals surface area contributed by atoms with Crippen molar-refractivity contribution in [3.05, 3.63) is 35.9 Å². The lowest BCUT2D eigenvalue weighted by atomic mass is 9.94. The van der Waals surface area contributed by atoms with Crippen molar-refractivity contribution in [2.24, 2.45) is 5.92 Å². The maximum atomic E-state index is 9.46. The van der Waals surface area contributed by atoms with Gasteiger partial charge in [-0.2, -0.15) is 0 Å². The largest absolute Gasteiger partial charge is 0.413 e. The number of hydrogen-bond donors (Lipinski definition) is 1. The molecule has 23 heavy (non-hydrogen) atoms. The van der Waals surface area contributed by atoms with Gasteiger partial charge in [-0.3, -0.25) is 0 Å². The van der Waals surface area contributed by atoms with Crippen LogP contribution in [-0.4, -0.2) is 32.2 Å². The van der Waals surface area contributed by atoms with Crippen LogP contribution in [0.15, 0.2) is 30.3 Å². The van der Waals surface area contributed by atoms with Gasteiger partial charge < -0.3 is 14.3 Å². The smallest absolute Gasteiger partial charge is 0.192 e. The van der Waals surface area contributed by atoms with Gasteiger partial charge in [0.15, 0.2) is 8.32 Å². The second-order valence-corrected chi connectivity index (χ2v) is 13.0. The number of hydrogen-bond acceptors (Lipinski definition) is 3. The fraction of sp³-hybridized carbons (Fsp3) is 0.684. The molecule has 3 nitrogen and oxygen atoms in total. The lowest BCUT2D eigenvalue weighted by Crippen LogP contribution is -2.46. The summed E-state index contributed by atoms with van der Waals surface area (Å²) >= 11 is 0. The van der Waals surface area contributed by atoms with Crippen LogP contribution in [0.25, 0.3) is 0 Å². The molecule has 0 aromatic heterocycles. The van der Waals surface area contributed by atoms with E-state index >= 15 is 0 Å². The fourth-order valence-electron chi connectivity index (χ4n) is 2.76. The van der Waals surface area contributed by atoms with Crippen LogP contribution in [0.5, 0.6) is 0 Å². The van der Waals surface area contributed by atoms with Gasteiger partial charge in [-0.05, 0) is 30.1 Å². The summed E-state index contributed by atoms with van der Waals surface area (Å²) in [7, 11) is -1.85. The number of epoxide rings is 1.